The number of furan rings is 1. The smallest absolute Gasteiger partial charge is 0.291 e. The fourth-order valence-corrected chi connectivity index (χ4v) is 2.74. The van der Waals surface area contributed by atoms with Crippen LogP contribution in [0.15, 0.2) is 51.4 Å². The third-order valence-corrected chi connectivity index (χ3v) is 4.09. The normalized spacial score (nSPS) is 10.7. The Hall–Kier alpha value is -2.67. The maximum Gasteiger partial charge on any atom is 0.291 e. The molecule has 2 aromatic carbocycles. The Kier molecular flexibility index (Phi) is 3.87. The molecule has 3 rings (SSSR count). The summed E-state index contributed by atoms with van der Waals surface area (Å²) < 4.78 is 6.31. The number of carbonyl (C=O) groups is 1. The molecule has 116 valence electrons. The maximum atomic E-state index is 12.3. The summed E-state index contributed by atoms with van der Waals surface area (Å²) in [6.45, 7) is 1.59. The molecule has 1 N–H and O–H groups in total. The zero-order valence-corrected chi connectivity index (χ0v) is 13.6. The van der Waals surface area contributed by atoms with E-state index in [4.69, 9.17) is 4.42 Å². The van der Waals surface area contributed by atoms with E-state index in [-0.39, 0.29) is 11.4 Å². The Labute approximate surface area is 139 Å². The quantitative estimate of drug-likeness (QED) is 0.533. The standard InChI is InChI=1S/C16H11BrN2O4/c1-9-12(6-3-7-13(9)19(21)22)18-16(20)14-8-10-4-2-5-11(17)15(10)23-14/h2-8H,1H3,(H,18,20). The van der Waals surface area contributed by atoms with Crippen molar-refractivity contribution in [3.63, 3.8) is 0 Å². The number of nitrogens with one attached hydrogen (secondary N) is 1. The molecule has 1 heterocycles. The van der Waals surface area contributed by atoms with E-state index in [1.807, 2.05) is 18.2 Å². The first kappa shape index (κ1) is 15.2. The molecule has 1 aromatic heterocycles. The summed E-state index contributed by atoms with van der Waals surface area (Å²) in [5.74, 6) is -0.325. The summed E-state index contributed by atoms with van der Waals surface area (Å²) in [6.07, 6.45) is 0. The molecule has 0 spiro atoms. The lowest BCUT2D eigenvalue weighted by molar-refractivity contribution is -0.385. The van der Waals surface area contributed by atoms with E-state index in [9.17, 15) is 14.9 Å². The van der Waals surface area contributed by atoms with Crippen molar-refractivity contribution in [1.82, 2.24) is 0 Å². The Balaban J connectivity index is 1.93. The van der Waals surface area contributed by atoms with E-state index in [2.05, 4.69) is 21.2 Å². The summed E-state index contributed by atoms with van der Waals surface area (Å²) in [5, 5.41) is 14.4. The molecule has 0 aliphatic heterocycles. The van der Waals surface area contributed by atoms with Gasteiger partial charge in [0.1, 0.15) is 5.58 Å². The lowest BCUT2D eigenvalue weighted by Crippen LogP contribution is -2.12. The number of hydrogen-bond acceptors (Lipinski definition) is 4. The van der Waals surface area contributed by atoms with Crippen molar-refractivity contribution in [2.45, 2.75) is 6.92 Å². The highest BCUT2D eigenvalue weighted by molar-refractivity contribution is 9.10. The monoisotopic (exact) mass is 374 g/mol. The van der Waals surface area contributed by atoms with Crippen LogP contribution in [0.4, 0.5) is 11.4 Å². The van der Waals surface area contributed by atoms with Crippen molar-refractivity contribution < 1.29 is 14.1 Å². The van der Waals surface area contributed by atoms with Gasteiger partial charge in [-0.2, -0.15) is 0 Å². The minimum absolute atomic E-state index is 0.0462. The Morgan fingerprint density at radius 2 is 2.00 bits per heavy atom. The largest absolute Gasteiger partial charge is 0.450 e. The predicted molar refractivity (Wildman–Crippen MR) is 89.7 cm³/mol. The van der Waals surface area contributed by atoms with Gasteiger partial charge in [-0.05, 0) is 41.1 Å². The number of halogens is 1. The van der Waals surface area contributed by atoms with Crippen molar-refractivity contribution in [2.75, 3.05) is 5.32 Å². The van der Waals surface area contributed by atoms with E-state index in [0.29, 0.717) is 16.8 Å². The molecule has 1 amide bonds. The van der Waals surface area contributed by atoms with Gasteiger partial charge < -0.3 is 9.73 Å². The van der Waals surface area contributed by atoms with Gasteiger partial charge in [0.25, 0.3) is 11.6 Å². The lowest BCUT2D eigenvalue weighted by Gasteiger charge is -2.07. The minimum Gasteiger partial charge on any atom is -0.450 e. The number of nitro benzene ring substituents is 1. The summed E-state index contributed by atoms with van der Waals surface area (Å²) in [5.41, 5.74) is 1.30. The van der Waals surface area contributed by atoms with Gasteiger partial charge in [-0.1, -0.05) is 18.2 Å². The van der Waals surface area contributed by atoms with E-state index in [1.54, 1.807) is 19.1 Å². The number of nitro groups is 1. The highest BCUT2D eigenvalue weighted by Crippen LogP contribution is 2.29. The highest BCUT2D eigenvalue weighted by atomic mass is 79.9. The highest BCUT2D eigenvalue weighted by Gasteiger charge is 2.18. The Bertz CT molecular complexity index is 933. The van der Waals surface area contributed by atoms with Crippen LogP contribution in [0.1, 0.15) is 16.1 Å². The van der Waals surface area contributed by atoms with Crippen LogP contribution in [0.5, 0.6) is 0 Å². The molecule has 0 bridgehead atoms. The van der Waals surface area contributed by atoms with Crippen molar-refractivity contribution in [2.24, 2.45) is 0 Å². The molecule has 3 aromatic rings. The number of nitrogens with zero attached hydrogens (tertiary/aromatic N) is 1. The van der Waals surface area contributed by atoms with Gasteiger partial charge in [0, 0.05) is 11.5 Å². The third kappa shape index (κ3) is 2.83. The lowest BCUT2D eigenvalue weighted by atomic mass is 10.1. The average molecular weight is 375 g/mol. The zero-order valence-electron chi connectivity index (χ0n) is 12.0. The van der Waals surface area contributed by atoms with Gasteiger partial charge in [0.05, 0.1) is 20.6 Å². The second-order valence-electron chi connectivity index (χ2n) is 4.93. The van der Waals surface area contributed by atoms with Crippen LogP contribution >= 0.6 is 15.9 Å². The molecule has 0 saturated carbocycles. The van der Waals surface area contributed by atoms with E-state index >= 15 is 0 Å². The summed E-state index contributed by atoms with van der Waals surface area (Å²) in [7, 11) is 0. The van der Waals surface area contributed by atoms with Crippen LogP contribution in [0.2, 0.25) is 0 Å². The van der Waals surface area contributed by atoms with Gasteiger partial charge in [-0.25, -0.2) is 0 Å². The van der Waals surface area contributed by atoms with Crippen molar-refractivity contribution >= 4 is 44.2 Å². The molecule has 0 radical (unpaired) electrons. The van der Waals surface area contributed by atoms with E-state index in [0.717, 1.165) is 9.86 Å². The second kappa shape index (κ2) is 5.85. The molecular weight excluding hydrogens is 364 g/mol. The van der Waals surface area contributed by atoms with E-state index in [1.165, 1.54) is 12.1 Å². The first-order valence-electron chi connectivity index (χ1n) is 6.71. The number of rotatable bonds is 3. The number of benzene rings is 2. The molecule has 0 fully saturated rings. The van der Waals surface area contributed by atoms with E-state index < -0.39 is 10.8 Å². The third-order valence-electron chi connectivity index (χ3n) is 3.47. The topological polar surface area (TPSA) is 85.4 Å². The first-order chi connectivity index (χ1) is 11.0. The molecule has 0 aliphatic carbocycles. The van der Waals surface area contributed by atoms with Gasteiger partial charge in [0.15, 0.2) is 5.76 Å². The fourth-order valence-electron chi connectivity index (χ4n) is 2.28. The zero-order chi connectivity index (χ0) is 16.6. The van der Waals surface area contributed by atoms with Gasteiger partial charge >= 0.3 is 0 Å². The van der Waals surface area contributed by atoms with Crippen LogP contribution < -0.4 is 5.32 Å². The molecule has 6 nitrogen and oxygen atoms in total. The van der Waals surface area contributed by atoms with Gasteiger partial charge in [-0.3, -0.25) is 14.9 Å². The molecule has 0 atom stereocenters. The first-order valence-corrected chi connectivity index (χ1v) is 7.50. The van der Waals surface area contributed by atoms with Crippen molar-refractivity contribution in [3.05, 3.63) is 68.4 Å². The minimum atomic E-state index is -0.483. The number of para-hydroxylation sites is 1. The van der Waals surface area contributed by atoms with Crippen LogP contribution in [-0.4, -0.2) is 10.8 Å². The summed E-state index contributed by atoms with van der Waals surface area (Å²) >= 11 is 3.36. The van der Waals surface area contributed by atoms with Gasteiger partial charge in [-0.15, -0.1) is 0 Å². The van der Waals surface area contributed by atoms with Crippen LogP contribution in [0.3, 0.4) is 0 Å². The van der Waals surface area contributed by atoms with Crippen LogP contribution in [-0.2, 0) is 0 Å². The molecule has 7 heteroatoms. The van der Waals surface area contributed by atoms with Gasteiger partial charge in [0.2, 0.25) is 0 Å². The molecule has 0 unspecified atom stereocenters. The maximum absolute atomic E-state index is 12.3. The predicted octanol–water partition coefficient (Wildman–Crippen LogP) is 4.66. The number of carbonyl (C=O) groups excluding carboxylic acids is 1. The SMILES string of the molecule is Cc1c(NC(=O)c2cc3cccc(Br)c3o2)cccc1[N+](=O)[O-]. The molecule has 0 saturated heterocycles. The van der Waals surface area contributed by atoms with Crippen molar-refractivity contribution in [1.29, 1.82) is 0 Å². The number of amides is 1. The number of anilines is 1. The molecular formula is C16H11BrN2O4. The number of fused-ring (bicyclic) bond motifs is 1. The Morgan fingerprint density at radius 3 is 2.70 bits per heavy atom. The summed E-state index contributed by atoms with van der Waals surface area (Å²) in [4.78, 5) is 22.8. The fraction of sp³-hybridized carbons (Fsp3) is 0.0625. The summed E-state index contributed by atoms with van der Waals surface area (Å²) in [6, 6.07) is 11.6. The molecule has 0 aliphatic rings. The van der Waals surface area contributed by atoms with Crippen LogP contribution in [0, 0.1) is 17.0 Å². The number of hydrogen-bond donors (Lipinski definition) is 1. The second-order valence-corrected chi connectivity index (χ2v) is 5.78. The molecule has 23 heavy (non-hydrogen) atoms. The average Bonchev–Trinajstić information content (AvgIpc) is 2.95. The van der Waals surface area contributed by atoms with Crippen LogP contribution in [0.25, 0.3) is 11.0 Å². The van der Waals surface area contributed by atoms with Crippen molar-refractivity contribution in [3.8, 4) is 0 Å². The Morgan fingerprint density at radius 1 is 1.26 bits per heavy atom.